The largest absolute Gasteiger partial charge is 0.487 e. The highest BCUT2D eigenvalue weighted by Gasteiger charge is 2.33. The normalized spacial score (nSPS) is 13.9. The van der Waals surface area contributed by atoms with Gasteiger partial charge in [-0.1, -0.05) is 6.07 Å². The van der Waals surface area contributed by atoms with Gasteiger partial charge in [-0.3, -0.25) is 9.78 Å². The zero-order chi connectivity index (χ0) is 18.7. The van der Waals surface area contributed by atoms with E-state index < -0.39 is 0 Å². The third-order valence-electron chi connectivity index (χ3n) is 4.11. The quantitative estimate of drug-likeness (QED) is 0.766. The number of carbonyl (C=O) groups excluding carboxylic acids is 2. The fourth-order valence-electron chi connectivity index (χ4n) is 2.69. The molecule has 0 saturated carbocycles. The predicted octanol–water partition coefficient (Wildman–Crippen LogP) is 2.35. The van der Waals surface area contributed by atoms with E-state index in [1.807, 2.05) is 26.0 Å². The topological polar surface area (TPSA) is 81.6 Å². The minimum Gasteiger partial charge on any atom is -0.487 e. The van der Waals surface area contributed by atoms with E-state index in [0.717, 1.165) is 5.56 Å². The average molecular weight is 355 g/mol. The van der Waals surface area contributed by atoms with E-state index in [-0.39, 0.29) is 24.4 Å². The summed E-state index contributed by atoms with van der Waals surface area (Å²) in [7, 11) is 1.35. The van der Waals surface area contributed by atoms with Gasteiger partial charge < -0.3 is 14.4 Å². The Kier molecular flexibility index (Phi) is 5.16. The van der Waals surface area contributed by atoms with Gasteiger partial charge in [-0.15, -0.1) is 0 Å². The van der Waals surface area contributed by atoms with Crippen molar-refractivity contribution in [3.63, 3.8) is 0 Å². The number of hydrogen-bond acceptors (Lipinski definition) is 6. The van der Waals surface area contributed by atoms with Gasteiger partial charge in [0.15, 0.2) is 5.78 Å². The minimum atomic E-state index is -0.364. The minimum absolute atomic E-state index is 0.111. The summed E-state index contributed by atoms with van der Waals surface area (Å²) in [6.07, 6.45) is 1.45. The molecule has 0 unspecified atom stereocenters. The number of likely N-dealkylation sites (tertiary alicyclic amines) is 1. The summed E-state index contributed by atoms with van der Waals surface area (Å²) in [5, 5.41) is 0. The predicted molar refractivity (Wildman–Crippen MR) is 94.4 cm³/mol. The molecule has 0 aliphatic carbocycles. The van der Waals surface area contributed by atoms with Crippen molar-refractivity contribution < 1.29 is 19.1 Å². The molecule has 7 nitrogen and oxygen atoms in total. The molecule has 26 heavy (non-hydrogen) atoms. The molecule has 2 aromatic rings. The standard InChI is InChI=1S/C19H21N3O4/c1-12-4-5-14(20-9-12)7-18(23)17-8-15(6-13(2)21-17)26-16-10-22(11-16)19(24)25-3/h4-6,8-9,16H,7,10-11H2,1-3H3. The smallest absolute Gasteiger partial charge is 0.409 e. The fourth-order valence-corrected chi connectivity index (χ4v) is 2.69. The average Bonchev–Trinajstić information content (AvgIpc) is 2.58. The lowest BCUT2D eigenvalue weighted by molar-refractivity contribution is 0.0182. The van der Waals surface area contributed by atoms with Crippen LogP contribution >= 0.6 is 0 Å². The first kappa shape index (κ1) is 17.8. The number of nitrogens with zero attached hydrogens (tertiary/aromatic N) is 3. The Balaban J connectivity index is 1.65. The molecule has 2 aromatic heterocycles. The highest BCUT2D eigenvalue weighted by molar-refractivity contribution is 5.95. The van der Waals surface area contributed by atoms with Crippen LogP contribution in [0.4, 0.5) is 4.79 Å². The van der Waals surface area contributed by atoms with Gasteiger partial charge in [-0.05, 0) is 25.5 Å². The van der Waals surface area contributed by atoms with Gasteiger partial charge in [0, 0.05) is 29.7 Å². The number of methoxy groups -OCH3 is 1. The van der Waals surface area contributed by atoms with E-state index in [1.165, 1.54) is 7.11 Å². The second-order valence-electron chi connectivity index (χ2n) is 6.37. The SMILES string of the molecule is COC(=O)N1CC(Oc2cc(C)nc(C(=O)Cc3ccc(C)cn3)c2)C1. The number of aryl methyl sites for hydroxylation is 2. The van der Waals surface area contributed by atoms with Crippen molar-refractivity contribution in [1.29, 1.82) is 0 Å². The molecule has 0 N–H and O–H groups in total. The Labute approximate surface area is 152 Å². The monoisotopic (exact) mass is 355 g/mol. The maximum absolute atomic E-state index is 12.5. The van der Waals surface area contributed by atoms with E-state index in [4.69, 9.17) is 4.74 Å². The van der Waals surface area contributed by atoms with Crippen LogP contribution in [0.5, 0.6) is 5.75 Å². The molecule has 0 bridgehead atoms. The number of rotatable bonds is 5. The van der Waals surface area contributed by atoms with Gasteiger partial charge in [-0.25, -0.2) is 9.78 Å². The zero-order valence-corrected chi connectivity index (χ0v) is 15.1. The number of amides is 1. The van der Waals surface area contributed by atoms with E-state index in [1.54, 1.807) is 23.2 Å². The van der Waals surface area contributed by atoms with Crippen LogP contribution in [0, 0.1) is 13.8 Å². The lowest BCUT2D eigenvalue weighted by atomic mass is 10.1. The Bertz CT molecular complexity index is 814. The van der Waals surface area contributed by atoms with Crippen molar-refractivity contribution >= 4 is 11.9 Å². The molecule has 136 valence electrons. The van der Waals surface area contributed by atoms with Gasteiger partial charge >= 0.3 is 6.09 Å². The number of ketones is 1. The Hall–Kier alpha value is -2.96. The van der Waals surface area contributed by atoms with Gasteiger partial charge in [0.1, 0.15) is 17.5 Å². The van der Waals surface area contributed by atoms with Crippen molar-refractivity contribution in [2.24, 2.45) is 0 Å². The van der Waals surface area contributed by atoms with Crippen molar-refractivity contribution in [3.05, 3.63) is 53.1 Å². The van der Waals surface area contributed by atoms with Crippen LogP contribution in [0.25, 0.3) is 0 Å². The lowest BCUT2D eigenvalue weighted by Gasteiger charge is -2.37. The number of pyridine rings is 2. The molecular weight excluding hydrogens is 334 g/mol. The van der Waals surface area contributed by atoms with Crippen LogP contribution in [0.3, 0.4) is 0 Å². The summed E-state index contributed by atoms with van der Waals surface area (Å²) < 4.78 is 10.5. The van der Waals surface area contributed by atoms with Crippen LogP contribution in [-0.4, -0.2) is 53.0 Å². The van der Waals surface area contributed by atoms with Crippen LogP contribution in [-0.2, 0) is 11.2 Å². The lowest BCUT2D eigenvalue weighted by Crippen LogP contribution is -2.56. The molecule has 1 aliphatic rings. The molecule has 0 radical (unpaired) electrons. The van der Waals surface area contributed by atoms with Gasteiger partial charge in [0.05, 0.1) is 26.6 Å². The number of carbonyl (C=O) groups is 2. The van der Waals surface area contributed by atoms with Gasteiger partial charge in [0.2, 0.25) is 0 Å². The molecular formula is C19H21N3O4. The van der Waals surface area contributed by atoms with Crippen molar-refractivity contribution in [1.82, 2.24) is 14.9 Å². The highest BCUT2D eigenvalue weighted by atomic mass is 16.5. The molecule has 3 heterocycles. The van der Waals surface area contributed by atoms with E-state index in [2.05, 4.69) is 14.7 Å². The molecule has 3 rings (SSSR count). The number of ether oxygens (including phenoxy) is 2. The van der Waals surface area contributed by atoms with Crippen LogP contribution in [0.15, 0.2) is 30.5 Å². The number of hydrogen-bond donors (Lipinski definition) is 0. The first-order valence-electron chi connectivity index (χ1n) is 8.37. The van der Waals surface area contributed by atoms with Crippen LogP contribution in [0.1, 0.15) is 27.4 Å². The zero-order valence-electron chi connectivity index (χ0n) is 15.1. The summed E-state index contributed by atoms with van der Waals surface area (Å²) in [6.45, 7) is 4.69. The summed E-state index contributed by atoms with van der Waals surface area (Å²) in [5.41, 5.74) is 2.81. The fraction of sp³-hybridized carbons (Fsp3) is 0.368. The molecule has 1 amide bonds. The van der Waals surface area contributed by atoms with Crippen LogP contribution in [0.2, 0.25) is 0 Å². The highest BCUT2D eigenvalue weighted by Crippen LogP contribution is 2.21. The van der Waals surface area contributed by atoms with E-state index in [0.29, 0.717) is 35.9 Å². The molecule has 0 aromatic carbocycles. The van der Waals surface area contributed by atoms with Gasteiger partial charge in [-0.2, -0.15) is 0 Å². The maximum atomic E-state index is 12.5. The molecule has 7 heteroatoms. The maximum Gasteiger partial charge on any atom is 0.409 e. The van der Waals surface area contributed by atoms with Crippen molar-refractivity contribution in [2.75, 3.05) is 20.2 Å². The summed E-state index contributed by atoms with van der Waals surface area (Å²) in [6, 6.07) is 7.19. The van der Waals surface area contributed by atoms with Gasteiger partial charge in [0.25, 0.3) is 0 Å². The molecule has 0 spiro atoms. The number of Topliss-reactive ketones (excluding diaryl/α,β-unsaturated/α-hetero) is 1. The second kappa shape index (κ2) is 7.51. The van der Waals surface area contributed by atoms with E-state index >= 15 is 0 Å². The summed E-state index contributed by atoms with van der Waals surface area (Å²) in [5.74, 6) is 0.465. The summed E-state index contributed by atoms with van der Waals surface area (Å²) >= 11 is 0. The number of aromatic nitrogens is 2. The molecule has 1 saturated heterocycles. The van der Waals surface area contributed by atoms with E-state index in [9.17, 15) is 9.59 Å². The Morgan fingerprint density at radius 2 is 2.00 bits per heavy atom. The third-order valence-corrected chi connectivity index (χ3v) is 4.11. The first-order valence-corrected chi connectivity index (χ1v) is 8.37. The third kappa shape index (κ3) is 4.17. The van der Waals surface area contributed by atoms with Crippen molar-refractivity contribution in [2.45, 2.75) is 26.4 Å². The molecule has 0 atom stereocenters. The summed E-state index contributed by atoms with van der Waals surface area (Å²) in [4.78, 5) is 34.0. The van der Waals surface area contributed by atoms with Crippen LogP contribution < -0.4 is 4.74 Å². The van der Waals surface area contributed by atoms with Crippen molar-refractivity contribution in [3.8, 4) is 5.75 Å². The molecule has 1 fully saturated rings. The Morgan fingerprint density at radius 1 is 1.23 bits per heavy atom. The Morgan fingerprint density at radius 3 is 2.65 bits per heavy atom. The second-order valence-corrected chi connectivity index (χ2v) is 6.37. The first-order chi connectivity index (χ1) is 12.4. The molecule has 1 aliphatic heterocycles.